The van der Waals surface area contributed by atoms with E-state index in [0.29, 0.717) is 23.0 Å². The minimum Gasteiger partial charge on any atom is -0.457 e. The van der Waals surface area contributed by atoms with Gasteiger partial charge >= 0.3 is 6.09 Å². The normalized spacial score (nSPS) is 10.9. The molecule has 0 aromatic heterocycles. The van der Waals surface area contributed by atoms with E-state index in [1.807, 2.05) is 30.3 Å². The first-order valence-corrected chi connectivity index (χ1v) is 9.88. The second-order valence-corrected chi connectivity index (χ2v) is 7.94. The molecule has 8 nitrogen and oxygen atoms in total. The highest BCUT2D eigenvalue weighted by molar-refractivity contribution is 5.90. The van der Waals surface area contributed by atoms with Crippen LogP contribution in [0.5, 0.6) is 23.0 Å². The Morgan fingerprint density at radius 2 is 1.34 bits per heavy atom. The first kappa shape index (κ1) is 22.6. The van der Waals surface area contributed by atoms with Gasteiger partial charge in [-0.1, -0.05) is 18.2 Å². The van der Waals surface area contributed by atoms with Crippen molar-refractivity contribution in [3.8, 4) is 23.0 Å². The van der Waals surface area contributed by atoms with E-state index in [1.165, 1.54) is 25.2 Å². The average Bonchev–Trinajstić information content (AvgIpc) is 2.74. The summed E-state index contributed by atoms with van der Waals surface area (Å²) in [4.78, 5) is 24.4. The second-order valence-electron chi connectivity index (χ2n) is 7.94. The van der Waals surface area contributed by atoms with Crippen LogP contribution in [-0.2, 0) is 4.74 Å². The molecule has 0 saturated carbocycles. The summed E-state index contributed by atoms with van der Waals surface area (Å²) in [6, 6.07) is 20.5. The van der Waals surface area contributed by atoms with Crippen LogP contribution in [0.2, 0.25) is 0 Å². The van der Waals surface area contributed by atoms with E-state index >= 15 is 0 Å². The van der Waals surface area contributed by atoms with E-state index in [0.717, 1.165) is 4.90 Å². The number of carbonyl (C=O) groups excluding carboxylic acids is 1. The lowest BCUT2D eigenvalue weighted by Crippen LogP contribution is -2.34. The SMILES string of the molecule is CN(C(=O)OC(C)(C)C)c1cc(Oc2ccc(Oc3ccccc3)cc2)ccc1[N+](=O)[O-]. The van der Waals surface area contributed by atoms with E-state index in [9.17, 15) is 14.9 Å². The van der Waals surface area contributed by atoms with Crippen molar-refractivity contribution in [2.24, 2.45) is 0 Å². The van der Waals surface area contributed by atoms with E-state index in [2.05, 4.69) is 0 Å². The number of amides is 1. The molecule has 8 heteroatoms. The molecule has 0 aliphatic heterocycles. The fourth-order valence-corrected chi connectivity index (χ4v) is 2.75. The Bertz CT molecular complexity index is 1090. The molecular weight excluding hydrogens is 412 g/mol. The largest absolute Gasteiger partial charge is 0.457 e. The summed E-state index contributed by atoms with van der Waals surface area (Å²) >= 11 is 0. The molecule has 0 heterocycles. The molecule has 1 amide bonds. The summed E-state index contributed by atoms with van der Waals surface area (Å²) in [5.41, 5.74) is -0.916. The number of ether oxygens (including phenoxy) is 3. The highest BCUT2D eigenvalue weighted by atomic mass is 16.6. The molecule has 0 bridgehead atoms. The summed E-state index contributed by atoms with van der Waals surface area (Å²) < 4.78 is 16.9. The summed E-state index contributed by atoms with van der Waals surface area (Å²) in [6.07, 6.45) is -0.708. The van der Waals surface area contributed by atoms with Crippen LogP contribution in [-0.4, -0.2) is 23.7 Å². The summed E-state index contributed by atoms with van der Waals surface area (Å²) in [5.74, 6) is 2.19. The minimum atomic E-state index is -0.738. The van der Waals surface area contributed by atoms with Crippen LogP contribution in [0.15, 0.2) is 72.8 Å². The van der Waals surface area contributed by atoms with Crippen molar-refractivity contribution in [2.45, 2.75) is 26.4 Å². The Labute approximate surface area is 186 Å². The third-order valence-electron chi connectivity index (χ3n) is 4.21. The molecule has 0 N–H and O–H groups in total. The lowest BCUT2D eigenvalue weighted by atomic mass is 10.2. The zero-order valence-electron chi connectivity index (χ0n) is 18.3. The molecule has 0 unspecified atom stereocenters. The van der Waals surface area contributed by atoms with Gasteiger partial charge in [-0.2, -0.15) is 0 Å². The Hall–Kier alpha value is -4.07. The van der Waals surface area contributed by atoms with Crippen LogP contribution in [0, 0.1) is 10.1 Å². The number of para-hydroxylation sites is 1. The topological polar surface area (TPSA) is 91.1 Å². The Morgan fingerprint density at radius 1 is 0.844 bits per heavy atom. The predicted molar refractivity (Wildman–Crippen MR) is 121 cm³/mol. The van der Waals surface area contributed by atoms with Gasteiger partial charge < -0.3 is 14.2 Å². The van der Waals surface area contributed by atoms with Crippen LogP contribution in [0.1, 0.15) is 20.8 Å². The van der Waals surface area contributed by atoms with Gasteiger partial charge in [-0.25, -0.2) is 4.79 Å². The maximum absolute atomic E-state index is 12.4. The number of rotatable bonds is 6. The van der Waals surface area contributed by atoms with Crippen LogP contribution in [0.4, 0.5) is 16.2 Å². The Kier molecular flexibility index (Phi) is 6.63. The number of hydrogen-bond donors (Lipinski definition) is 0. The molecule has 0 fully saturated rings. The van der Waals surface area contributed by atoms with Gasteiger partial charge in [0.25, 0.3) is 5.69 Å². The molecule has 0 spiro atoms. The number of hydrogen-bond acceptors (Lipinski definition) is 6. The minimum absolute atomic E-state index is 0.0609. The quantitative estimate of drug-likeness (QED) is 0.321. The number of benzene rings is 3. The predicted octanol–water partition coefficient (Wildman–Crippen LogP) is 6.55. The fraction of sp³-hybridized carbons (Fsp3) is 0.208. The molecule has 0 radical (unpaired) electrons. The van der Waals surface area contributed by atoms with Gasteiger partial charge in [-0.15, -0.1) is 0 Å². The van der Waals surface area contributed by atoms with Gasteiger partial charge in [0.05, 0.1) is 4.92 Å². The zero-order chi connectivity index (χ0) is 23.3. The molecule has 3 aromatic carbocycles. The lowest BCUT2D eigenvalue weighted by molar-refractivity contribution is -0.384. The highest BCUT2D eigenvalue weighted by Crippen LogP contribution is 2.35. The summed E-state index contributed by atoms with van der Waals surface area (Å²) in [7, 11) is 1.41. The molecule has 0 aliphatic rings. The van der Waals surface area contributed by atoms with Crippen molar-refractivity contribution in [1.29, 1.82) is 0 Å². The average molecular weight is 436 g/mol. The van der Waals surface area contributed by atoms with E-state index < -0.39 is 16.6 Å². The van der Waals surface area contributed by atoms with Gasteiger partial charge in [-0.05, 0) is 63.2 Å². The fourth-order valence-electron chi connectivity index (χ4n) is 2.75. The highest BCUT2D eigenvalue weighted by Gasteiger charge is 2.26. The van der Waals surface area contributed by atoms with Crippen LogP contribution in [0.25, 0.3) is 0 Å². The Morgan fingerprint density at radius 3 is 1.88 bits per heavy atom. The summed E-state index contributed by atoms with van der Waals surface area (Å²) in [5, 5.41) is 11.5. The van der Waals surface area contributed by atoms with Crippen molar-refractivity contribution in [2.75, 3.05) is 11.9 Å². The van der Waals surface area contributed by atoms with Crippen LogP contribution in [0.3, 0.4) is 0 Å². The lowest BCUT2D eigenvalue weighted by Gasteiger charge is -2.24. The second kappa shape index (κ2) is 9.38. The maximum atomic E-state index is 12.4. The van der Waals surface area contributed by atoms with Gasteiger partial charge in [0.1, 0.15) is 34.3 Å². The van der Waals surface area contributed by atoms with Gasteiger partial charge in [0, 0.05) is 19.2 Å². The number of carbonyl (C=O) groups is 1. The van der Waals surface area contributed by atoms with Crippen molar-refractivity contribution in [3.63, 3.8) is 0 Å². The molecule has 0 atom stereocenters. The van der Waals surface area contributed by atoms with Crippen LogP contribution >= 0.6 is 0 Å². The number of anilines is 1. The van der Waals surface area contributed by atoms with Gasteiger partial charge in [0.2, 0.25) is 0 Å². The molecular formula is C24H24N2O6. The molecule has 166 valence electrons. The Balaban J connectivity index is 1.79. The van der Waals surface area contributed by atoms with Gasteiger partial charge in [-0.3, -0.25) is 15.0 Å². The standard InChI is InChI=1S/C24H24N2O6/c1-24(2,3)32-23(27)25(4)22-16-20(14-15-21(22)26(28)29)31-19-12-10-18(11-13-19)30-17-8-6-5-7-9-17/h5-16H,1-4H3. The van der Waals surface area contributed by atoms with E-state index in [1.54, 1.807) is 45.0 Å². The van der Waals surface area contributed by atoms with E-state index in [4.69, 9.17) is 14.2 Å². The van der Waals surface area contributed by atoms with Crippen molar-refractivity contribution >= 4 is 17.5 Å². The maximum Gasteiger partial charge on any atom is 0.414 e. The van der Waals surface area contributed by atoms with Crippen LogP contribution < -0.4 is 14.4 Å². The molecule has 0 saturated heterocycles. The van der Waals surface area contributed by atoms with E-state index in [-0.39, 0.29) is 11.4 Å². The molecule has 0 aliphatic carbocycles. The third kappa shape index (κ3) is 5.98. The summed E-state index contributed by atoms with van der Waals surface area (Å²) in [6.45, 7) is 5.16. The zero-order valence-corrected chi connectivity index (χ0v) is 18.3. The number of nitro benzene ring substituents is 1. The van der Waals surface area contributed by atoms with Crippen molar-refractivity contribution < 1.29 is 23.9 Å². The third-order valence-corrected chi connectivity index (χ3v) is 4.21. The molecule has 3 rings (SSSR count). The van der Waals surface area contributed by atoms with Gasteiger partial charge in [0.15, 0.2) is 0 Å². The number of nitrogens with zero attached hydrogens (tertiary/aromatic N) is 2. The molecule has 3 aromatic rings. The monoisotopic (exact) mass is 436 g/mol. The van der Waals surface area contributed by atoms with Crippen molar-refractivity contribution in [3.05, 3.63) is 82.9 Å². The smallest absolute Gasteiger partial charge is 0.414 e. The number of nitro groups is 1. The van der Waals surface area contributed by atoms with Crippen molar-refractivity contribution in [1.82, 2.24) is 0 Å². The molecule has 32 heavy (non-hydrogen) atoms. The first-order chi connectivity index (χ1) is 15.1. The first-order valence-electron chi connectivity index (χ1n) is 9.88.